The van der Waals surface area contributed by atoms with Crippen LogP contribution < -0.4 is 4.90 Å². The predicted octanol–water partition coefficient (Wildman–Crippen LogP) is 1.89. The Hall–Kier alpha value is -1.64. The second kappa shape index (κ2) is 7.22. The predicted molar refractivity (Wildman–Crippen MR) is 76.8 cm³/mol. The summed E-state index contributed by atoms with van der Waals surface area (Å²) in [6, 6.07) is 6.09. The first-order valence-corrected chi connectivity index (χ1v) is 6.98. The molecule has 0 N–H and O–H groups in total. The number of nitriles is 1. The number of aryl methyl sites for hydroxylation is 1. The Bertz CT molecular complexity index is 476. The van der Waals surface area contributed by atoms with E-state index in [1.165, 1.54) is 0 Å². The third kappa shape index (κ3) is 3.69. The van der Waals surface area contributed by atoms with Gasteiger partial charge in [0, 0.05) is 20.2 Å². The summed E-state index contributed by atoms with van der Waals surface area (Å²) in [5.41, 5.74) is 1.44. The molecule has 0 radical (unpaired) electrons. The van der Waals surface area contributed by atoms with Crippen LogP contribution in [0.15, 0.2) is 12.1 Å². The van der Waals surface area contributed by atoms with Gasteiger partial charge in [0.15, 0.2) is 0 Å². The molecule has 1 aromatic rings. The molecule has 0 aliphatic carbocycles. The standard InChI is InChI=1S/C15H21N3O2/c1-12-3-4-15(17-14(12)11-16)18-7-5-13(6-8-18)20-10-9-19-2/h3-4,13H,5-10H2,1-2H3. The Labute approximate surface area is 120 Å². The number of nitrogens with zero attached hydrogens (tertiary/aromatic N) is 3. The number of rotatable bonds is 5. The molecule has 0 bridgehead atoms. The lowest BCUT2D eigenvalue weighted by Crippen LogP contribution is -2.38. The van der Waals surface area contributed by atoms with E-state index in [2.05, 4.69) is 16.0 Å². The van der Waals surface area contributed by atoms with Crippen LogP contribution in [-0.2, 0) is 9.47 Å². The highest BCUT2D eigenvalue weighted by Gasteiger charge is 2.20. The van der Waals surface area contributed by atoms with E-state index >= 15 is 0 Å². The molecule has 0 atom stereocenters. The van der Waals surface area contributed by atoms with E-state index in [0.717, 1.165) is 37.3 Å². The topological polar surface area (TPSA) is 58.4 Å². The van der Waals surface area contributed by atoms with Gasteiger partial charge in [-0.1, -0.05) is 6.07 Å². The molecule has 0 unspecified atom stereocenters. The molecule has 5 nitrogen and oxygen atoms in total. The summed E-state index contributed by atoms with van der Waals surface area (Å²) in [6.07, 6.45) is 2.28. The van der Waals surface area contributed by atoms with Gasteiger partial charge in [0.25, 0.3) is 0 Å². The number of ether oxygens (including phenoxy) is 2. The van der Waals surface area contributed by atoms with Gasteiger partial charge in [-0.2, -0.15) is 5.26 Å². The van der Waals surface area contributed by atoms with Crippen LogP contribution in [0.4, 0.5) is 5.82 Å². The van der Waals surface area contributed by atoms with Crippen LogP contribution in [0.1, 0.15) is 24.1 Å². The van der Waals surface area contributed by atoms with E-state index < -0.39 is 0 Å². The van der Waals surface area contributed by atoms with Crippen molar-refractivity contribution < 1.29 is 9.47 Å². The summed E-state index contributed by atoms with van der Waals surface area (Å²) in [5.74, 6) is 0.891. The first-order chi connectivity index (χ1) is 9.74. The quantitative estimate of drug-likeness (QED) is 0.768. The van der Waals surface area contributed by atoms with Gasteiger partial charge < -0.3 is 14.4 Å². The van der Waals surface area contributed by atoms with Gasteiger partial charge in [-0.05, 0) is 31.4 Å². The highest BCUT2D eigenvalue weighted by atomic mass is 16.5. The Morgan fingerprint density at radius 1 is 1.35 bits per heavy atom. The van der Waals surface area contributed by atoms with Gasteiger partial charge in [-0.25, -0.2) is 4.98 Å². The van der Waals surface area contributed by atoms with Gasteiger partial charge in [0.05, 0.1) is 19.3 Å². The van der Waals surface area contributed by atoms with E-state index in [4.69, 9.17) is 14.7 Å². The molecule has 20 heavy (non-hydrogen) atoms. The highest BCUT2D eigenvalue weighted by Crippen LogP contribution is 2.20. The maximum Gasteiger partial charge on any atom is 0.145 e. The van der Waals surface area contributed by atoms with Crippen molar-refractivity contribution in [1.29, 1.82) is 5.26 Å². The van der Waals surface area contributed by atoms with Crippen LogP contribution in [-0.4, -0.2) is 44.5 Å². The first kappa shape index (κ1) is 14.8. The lowest BCUT2D eigenvalue weighted by molar-refractivity contribution is 0.00604. The molecule has 108 valence electrons. The summed E-state index contributed by atoms with van der Waals surface area (Å²) in [7, 11) is 1.68. The lowest BCUT2D eigenvalue weighted by Gasteiger charge is -2.32. The van der Waals surface area contributed by atoms with Crippen molar-refractivity contribution in [1.82, 2.24) is 4.98 Å². The summed E-state index contributed by atoms with van der Waals surface area (Å²) in [4.78, 5) is 6.64. The van der Waals surface area contributed by atoms with Crippen LogP contribution in [0.3, 0.4) is 0 Å². The van der Waals surface area contributed by atoms with Gasteiger partial charge in [0.2, 0.25) is 0 Å². The van der Waals surface area contributed by atoms with Gasteiger partial charge in [0.1, 0.15) is 17.6 Å². The van der Waals surface area contributed by atoms with Crippen molar-refractivity contribution in [3.05, 3.63) is 23.4 Å². The fourth-order valence-electron chi connectivity index (χ4n) is 2.36. The molecule has 5 heteroatoms. The molecule has 1 saturated heterocycles. The van der Waals surface area contributed by atoms with Crippen molar-refractivity contribution >= 4 is 5.82 Å². The van der Waals surface area contributed by atoms with Gasteiger partial charge in [-0.3, -0.25) is 0 Å². The number of hydrogen-bond donors (Lipinski definition) is 0. The molecule has 0 spiro atoms. The van der Waals surface area contributed by atoms with Crippen LogP contribution in [0, 0.1) is 18.3 Å². The molecular weight excluding hydrogens is 254 g/mol. The summed E-state index contributed by atoms with van der Waals surface area (Å²) >= 11 is 0. The minimum atomic E-state index is 0.308. The third-order valence-electron chi connectivity index (χ3n) is 3.60. The van der Waals surface area contributed by atoms with Crippen LogP contribution in [0.2, 0.25) is 0 Å². The Morgan fingerprint density at radius 3 is 2.75 bits per heavy atom. The van der Waals surface area contributed by atoms with E-state index in [9.17, 15) is 0 Å². The SMILES string of the molecule is COCCOC1CCN(c2ccc(C)c(C#N)n2)CC1. The van der Waals surface area contributed by atoms with Crippen LogP contribution in [0.5, 0.6) is 0 Å². The zero-order valence-electron chi connectivity index (χ0n) is 12.1. The van der Waals surface area contributed by atoms with E-state index in [-0.39, 0.29) is 0 Å². The minimum absolute atomic E-state index is 0.308. The smallest absolute Gasteiger partial charge is 0.145 e. The molecule has 1 aliphatic heterocycles. The average Bonchev–Trinajstić information content (AvgIpc) is 2.49. The van der Waals surface area contributed by atoms with Crippen molar-refractivity contribution in [3.63, 3.8) is 0 Å². The molecule has 0 aromatic carbocycles. The monoisotopic (exact) mass is 275 g/mol. The fourth-order valence-corrected chi connectivity index (χ4v) is 2.36. The second-order valence-electron chi connectivity index (χ2n) is 5.00. The van der Waals surface area contributed by atoms with E-state index in [1.807, 2.05) is 19.1 Å². The third-order valence-corrected chi connectivity index (χ3v) is 3.60. The fraction of sp³-hybridized carbons (Fsp3) is 0.600. The largest absolute Gasteiger partial charge is 0.382 e. The zero-order valence-corrected chi connectivity index (χ0v) is 12.1. The molecule has 1 aliphatic rings. The van der Waals surface area contributed by atoms with Gasteiger partial charge in [-0.15, -0.1) is 0 Å². The molecule has 0 saturated carbocycles. The molecule has 2 heterocycles. The molecule has 2 rings (SSSR count). The number of hydrogen-bond acceptors (Lipinski definition) is 5. The van der Waals surface area contributed by atoms with Crippen LogP contribution >= 0.6 is 0 Å². The number of anilines is 1. The Morgan fingerprint density at radius 2 is 2.10 bits per heavy atom. The summed E-state index contributed by atoms with van der Waals surface area (Å²) in [5, 5.41) is 9.04. The Kier molecular flexibility index (Phi) is 5.33. The summed E-state index contributed by atoms with van der Waals surface area (Å²) < 4.78 is 10.7. The Balaban J connectivity index is 1.89. The van der Waals surface area contributed by atoms with Crippen molar-refractivity contribution in [3.8, 4) is 6.07 Å². The van der Waals surface area contributed by atoms with Crippen LogP contribution in [0.25, 0.3) is 0 Å². The number of piperidine rings is 1. The van der Waals surface area contributed by atoms with Gasteiger partial charge >= 0.3 is 0 Å². The van der Waals surface area contributed by atoms with Crippen molar-refractivity contribution in [2.45, 2.75) is 25.9 Å². The number of pyridine rings is 1. The maximum absolute atomic E-state index is 9.04. The first-order valence-electron chi connectivity index (χ1n) is 6.98. The van der Waals surface area contributed by atoms with Crippen molar-refractivity contribution in [2.24, 2.45) is 0 Å². The highest BCUT2D eigenvalue weighted by molar-refractivity contribution is 5.45. The number of aromatic nitrogens is 1. The summed E-state index contributed by atoms with van der Waals surface area (Å²) in [6.45, 7) is 5.04. The zero-order chi connectivity index (χ0) is 14.4. The van der Waals surface area contributed by atoms with Crippen molar-refractivity contribution in [2.75, 3.05) is 38.3 Å². The molecule has 1 aromatic heterocycles. The molecule has 1 fully saturated rings. The van der Waals surface area contributed by atoms with E-state index in [0.29, 0.717) is 25.0 Å². The minimum Gasteiger partial charge on any atom is -0.382 e. The molecule has 0 amide bonds. The maximum atomic E-state index is 9.04. The number of methoxy groups -OCH3 is 1. The normalized spacial score (nSPS) is 16.1. The second-order valence-corrected chi connectivity index (χ2v) is 5.00. The van der Waals surface area contributed by atoms with E-state index in [1.54, 1.807) is 7.11 Å². The molecular formula is C15H21N3O2. The lowest BCUT2D eigenvalue weighted by atomic mass is 10.1. The average molecular weight is 275 g/mol.